The Morgan fingerprint density at radius 3 is 2.58 bits per heavy atom. The number of hydrogen-bond acceptors (Lipinski definition) is 8. The largest absolute Gasteiger partial charge is 0.477 e. The molecule has 0 radical (unpaired) electrons. The lowest BCUT2D eigenvalue weighted by molar-refractivity contribution is -0.140. The maximum Gasteiger partial charge on any atom is 0.434 e. The van der Waals surface area contributed by atoms with Crippen molar-refractivity contribution in [1.29, 1.82) is 0 Å². The quantitative estimate of drug-likeness (QED) is 0.175. The molecule has 1 aliphatic rings. The SMILES string of the molecule is CCNC(=O)Nc1cc(-c2nc(C(F)(F)F)cs2)c(-c2ccc3c(c2)c(=O)c(C(=O)O)cn3C2CCCN(CCN(CC)CC)C2)cn1. The number of fused-ring (bicyclic) bond motifs is 1. The van der Waals surface area contributed by atoms with E-state index < -0.39 is 29.3 Å². The molecule has 0 saturated carbocycles. The number of hydrogen-bond donors (Lipinski definition) is 3. The molecule has 1 aliphatic heterocycles. The van der Waals surface area contributed by atoms with Crippen molar-refractivity contribution in [2.75, 3.05) is 51.1 Å². The van der Waals surface area contributed by atoms with Crippen LogP contribution in [0.2, 0.25) is 0 Å². The number of aromatic nitrogens is 3. The number of rotatable bonds is 11. The third-order valence-electron chi connectivity index (χ3n) is 8.58. The molecule has 0 aliphatic carbocycles. The van der Waals surface area contributed by atoms with Crippen LogP contribution in [-0.2, 0) is 6.18 Å². The van der Waals surface area contributed by atoms with Gasteiger partial charge in [-0.25, -0.2) is 19.6 Å². The van der Waals surface area contributed by atoms with Crippen molar-refractivity contribution >= 4 is 40.1 Å². The van der Waals surface area contributed by atoms with E-state index in [0.29, 0.717) is 29.7 Å². The van der Waals surface area contributed by atoms with Gasteiger partial charge in [0.25, 0.3) is 0 Å². The molecule has 1 unspecified atom stereocenters. The Balaban J connectivity index is 1.59. The lowest BCUT2D eigenvalue weighted by atomic mass is 9.98. The fourth-order valence-corrected chi connectivity index (χ4v) is 6.90. The van der Waals surface area contributed by atoms with Gasteiger partial charge in [-0.15, -0.1) is 11.3 Å². The van der Waals surface area contributed by atoms with Crippen LogP contribution < -0.4 is 16.1 Å². The van der Waals surface area contributed by atoms with Crippen LogP contribution in [0.25, 0.3) is 32.6 Å². The average Bonchev–Trinajstić information content (AvgIpc) is 3.57. The molecule has 4 heterocycles. The highest BCUT2D eigenvalue weighted by atomic mass is 32.1. The number of carboxylic acids is 1. The summed E-state index contributed by atoms with van der Waals surface area (Å²) in [7, 11) is 0. The predicted octanol–water partition coefficient (Wildman–Crippen LogP) is 6.02. The zero-order chi connectivity index (χ0) is 34.6. The normalized spacial score (nSPS) is 15.6. The van der Waals surface area contributed by atoms with E-state index in [9.17, 15) is 32.7 Å². The van der Waals surface area contributed by atoms with E-state index in [0.717, 1.165) is 62.3 Å². The highest BCUT2D eigenvalue weighted by Gasteiger charge is 2.34. The van der Waals surface area contributed by atoms with Crippen molar-refractivity contribution in [3.63, 3.8) is 0 Å². The van der Waals surface area contributed by atoms with E-state index in [1.807, 2.05) is 4.57 Å². The molecule has 1 atom stereocenters. The summed E-state index contributed by atoms with van der Waals surface area (Å²) in [5, 5.41) is 16.3. The fraction of sp³-hybridized carbons (Fsp3) is 0.424. The summed E-state index contributed by atoms with van der Waals surface area (Å²) in [5.41, 5.74) is -0.502. The smallest absolute Gasteiger partial charge is 0.434 e. The minimum absolute atomic E-state index is 0.0301. The van der Waals surface area contributed by atoms with Gasteiger partial charge in [0.1, 0.15) is 16.4 Å². The number of nitrogens with one attached hydrogen (secondary N) is 2. The van der Waals surface area contributed by atoms with Crippen molar-refractivity contribution in [3.8, 4) is 21.7 Å². The Kier molecular flexibility index (Phi) is 10.8. The zero-order valence-corrected chi connectivity index (χ0v) is 27.7. The first kappa shape index (κ1) is 35.0. The van der Waals surface area contributed by atoms with Gasteiger partial charge < -0.3 is 24.8 Å². The minimum atomic E-state index is -4.66. The molecule has 0 bridgehead atoms. The van der Waals surface area contributed by atoms with E-state index >= 15 is 0 Å². The number of likely N-dealkylation sites (N-methyl/N-ethyl adjacent to an activating group) is 1. The lowest BCUT2D eigenvalue weighted by Crippen LogP contribution is -2.41. The number of carbonyl (C=O) groups excluding carboxylic acids is 1. The number of pyridine rings is 2. The maximum absolute atomic E-state index is 13.6. The number of thiazole rings is 1. The molecule has 5 rings (SSSR count). The fourth-order valence-electron chi connectivity index (χ4n) is 6.04. The molecular weight excluding hydrogens is 647 g/mol. The second kappa shape index (κ2) is 14.8. The van der Waals surface area contributed by atoms with Crippen LogP contribution in [0.3, 0.4) is 0 Å². The molecule has 4 aromatic rings. The van der Waals surface area contributed by atoms with E-state index in [-0.39, 0.29) is 33.4 Å². The summed E-state index contributed by atoms with van der Waals surface area (Å²) in [4.78, 5) is 50.9. The summed E-state index contributed by atoms with van der Waals surface area (Å²) in [6, 6.07) is 5.83. The summed E-state index contributed by atoms with van der Waals surface area (Å²) in [6.45, 7) is 11.7. The molecule has 0 spiro atoms. The number of amides is 2. The van der Waals surface area contributed by atoms with Crippen LogP contribution in [0, 0.1) is 0 Å². The van der Waals surface area contributed by atoms with Crippen molar-refractivity contribution < 1.29 is 27.9 Å². The monoisotopic (exact) mass is 685 g/mol. The van der Waals surface area contributed by atoms with Crippen molar-refractivity contribution in [2.45, 2.75) is 45.8 Å². The molecule has 1 saturated heterocycles. The molecule has 11 nitrogen and oxygen atoms in total. The van der Waals surface area contributed by atoms with Crippen LogP contribution in [0.5, 0.6) is 0 Å². The van der Waals surface area contributed by atoms with Gasteiger partial charge >= 0.3 is 18.2 Å². The Hall–Kier alpha value is -4.34. The molecule has 1 aromatic carbocycles. The van der Waals surface area contributed by atoms with Gasteiger partial charge in [-0.3, -0.25) is 10.1 Å². The topological polar surface area (TPSA) is 133 Å². The Labute approximate surface area is 279 Å². The molecule has 15 heteroatoms. The summed E-state index contributed by atoms with van der Waals surface area (Å²) < 4.78 is 42.4. The first-order chi connectivity index (χ1) is 22.9. The number of piperidine rings is 1. The van der Waals surface area contributed by atoms with E-state index in [4.69, 9.17) is 0 Å². The molecule has 256 valence electrons. The van der Waals surface area contributed by atoms with Gasteiger partial charge in [0.2, 0.25) is 5.43 Å². The van der Waals surface area contributed by atoms with E-state index in [1.165, 1.54) is 18.5 Å². The Bertz CT molecular complexity index is 1860. The molecule has 3 aromatic heterocycles. The number of benzene rings is 1. The summed E-state index contributed by atoms with van der Waals surface area (Å²) >= 11 is 0.781. The van der Waals surface area contributed by atoms with Gasteiger partial charge in [0.15, 0.2) is 5.69 Å². The zero-order valence-electron chi connectivity index (χ0n) is 26.9. The predicted molar refractivity (Wildman–Crippen MR) is 180 cm³/mol. The van der Waals surface area contributed by atoms with Gasteiger partial charge in [-0.2, -0.15) is 13.2 Å². The van der Waals surface area contributed by atoms with Gasteiger partial charge in [0, 0.05) is 66.5 Å². The van der Waals surface area contributed by atoms with Crippen molar-refractivity contribution in [3.05, 3.63) is 63.5 Å². The molecule has 2 amide bonds. The van der Waals surface area contributed by atoms with Crippen molar-refractivity contribution in [1.82, 2.24) is 29.7 Å². The minimum Gasteiger partial charge on any atom is -0.477 e. The molecule has 1 fully saturated rings. The number of likely N-dealkylation sites (tertiary alicyclic amines) is 1. The third-order valence-corrected chi connectivity index (χ3v) is 9.46. The third kappa shape index (κ3) is 7.69. The molecular formula is C33H38F3N7O4S. The second-order valence-corrected chi connectivity index (χ2v) is 12.4. The van der Waals surface area contributed by atoms with Crippen LogP contribution in [0.4, 0.5) is 23.8 Å². The first-order valence-electron chi connectivity index (χ1n) is 15.9. The molecule has 48 heavy (non-hydrogen) atoms. The van der Waals surface area contributed by atoms with E-state index in [2.05, 4.69) is 44.2 Å². The number of aromatic carboxylic acids is 1. The number of nitrogens with zero attached hydrogens (tertiary/aromatic N) is 5. The highest BCUT2D eigenvalue weighted by molar-refractivity contribution is 7.13. The number of anilines is 1. The number of alkyl halides is 3. The highest BCUT2D eigenvalue weighted by Crippen LogP contribution is 2.39. The van der Waals surface area contributed by atoms with Gasteiger partial charge in [-0.1, -0.05) is 19.9 Å². The Morgan fingerprint density at radius 2 is 1.92 bits per heavy atom. The van der Waals surface area contributed by atoms with Crippen LogP contribution in [-0.4, -0.2) is 87.3 Å². The Morgan fingerprint density at radius 1 is 1.15 bits per heavy atom. The second-order valence-electron chi connectivity index (χ2n) is 11.6. The standard InChI is InChI=1S/C33H38F3N7O4S/c1-4-37-32(47)40-28-15-22(30-39-27(19-48-30)33(34,35)36)24(16-38-28)20-9-10-26-23(14-20)29(44)25(31(45)46)18-43(26)21-8-7-11-42(17-21)13-12-41(5-2)6-3/h9-10,14-16,18-19,21H,4-8,11-13,17H2,1-3H3,(H,45,46)(H2,37,38,40,47). The van der Waals surface area contributed by atoms with Crippen LogP contribution in [0.1, 0.15) is 55.7 Å². The summed E-state index contributed by atoms with van der Waals surface area (Å²) in [5.74, 6) is -1.26. The average molecular weight is 686 g/mol. The maximum atomic E-state index is 13.6. The van der Waals surface area contributed by atoms with E-state index in [1.54, 1.807) is 25.1 Å². The van der Waals surface area contributed by atoms with Crippen LogP contribution >= 0.6 is 11.3 Å². The first-order valence-corrected chi connectivity index (χ1v) is 16.8. The van der Waals surface area contributed by atoms with Crippen LogP contribution in [0.15, 0.2) is 46.8 Å². The molecule has 3 N–H and O–H groups in total. The van der Waals surface area contributed by atoms with Gasteiger partial charge in [-0.05, 0) is 63.2 Å². The summed E-state index contributed by atoms with van der Waals surface area (Å²) in [6.07, 6.45) is -0.127. The number of urea groups is 1. The van der Waals surface area contributed by atoms with Gasteiger partial charge in [0.05, 0.1) is 5.52 Å². The number of halogens is 3. The lowest BCUT2D eigenvalue weighted by Gasteiger charge is -2.36. The number of carbonyl (C=O) groups is 2. The van der Waals surface area contributed by atoms with Crippen molar-refractivity contribution in [2.24, 2.45) is 0 Å². The number of carboxylic acid groups (broad SMARTS) is 1.